The van der Waals surface area contributed by atoms with Crippen LogP contribution in [0, 0.1) is 25.7 Å². The third kappa shape index (κ3) is 4.66. The molecule has 1 rings (SSSR count). The van der Waals surface area contributed by atoms with Crippen molar-refractivity contribution in [3.8, 4) is 11.8 Å². The molecule has 0 aliphatic heterocycles. The predicted molar refractivity (Wildman–Crippen MR) is 73.8 cm³/mol. The van der Waals surface area contributed by atoms with Crippen molar-refractivity contribution in [3.63, 3.8) is 0 Å². The second kappa shape index (κ2) is 5.79. The van der Waals surface area contributed by atoms with Gasteiger partial charge in [0.15, 0.2) is 0 Å². The van der Waals surface area contributed by atoms with Crippen LogP contribution in [-0.2, 0) is 11.8 Å². The molecule has 5 heteroatoms. The molecule has 1 heterocycles. The molecule has 5 nitrogen and oxygen atoms in total. The molecule has 0 spiro atoms. The number of alkyl carbamates (subject to hydrolysis) is 1. The number of ether oxygens (including phenoxy) is 1. The fraction of sp³-hybridized carbons (Fsp3) is 0.571. The molecule has 1 amide bonds. The average Bonchev–Trinajstić information content (AvgIpc) is 2.47. The number of aromatic nitrogens is 2. The van der Waals surface area contributed by atoms with Gasteiger partial charge in [-0.05, 0) is 34.6 Å². The van der Waals surface area contributed by atoms with Crippen LogP contribution in [-0.4, -0.2) is 28.0 Å². The van der Waals surface area contributed by atoms with E-state index in [1.54, 1.807) is 4.68 Å². The molecule has 0 aromatic carbocycles. The van der Waals surface area contributed by atoms with Gasteiger partial charge in [0.2, 0.25) is 0 Å². The van der Waals surface area contributed by atoms with Gasteiger partial charge in [0.05, 0.1) is 23.5 Å². The van der Waals surface area contributed by atoms with E-state index < -0.39 is 11.7 Å². The summed E-state index contributed by atoms with van der Waals surface area (Å²) in [6, 6.07) is 0. The van der Waals surface area contributed by atoms with Gasteiger partial charge in [-0.2, -0.15) is 5.10 Å². The largest absolute Gasteiger partial charge is 0.444 e. The number of aryl methyl sites for hydroxylation is 2. The molecule has 1 aromatic heterocycles. The number of carbonyl (C=O) groups is 1. The second-order valence-corrected chi connectivity index (χ2v) is 5.33. The Morgan fingerprint density at radius 1 is 1.42 bits per heavy atom. The molecule has 0 aliphatic rings. The van der Waals surface area contributed by atoms with E-state index in [1.807, 2.05) is 41.7 Å². The molecule has 104 valence electrons. The summed E-state index contributed by atoms with van der Waals surface area (Å²) in [6.45, 7) is 9.59. The van der Waals surface area contributed by atoms with Gasteiger partial charge in [-0.25, -0.2) is 4.79 Å². The highest BCUT2D eigenvalue weighted by Crippen LogP contribution is 2.09. The zero-order chi connectivity index (χ0) is 14.6. The first-order valence-electron chi connectivity index (χ1n) is 6.16. The maximum atomic E-state index is 11.4. The summed E-state index contributed by atoms with van der Waals surface area (Å²) in [4.78, 5) is 11.4. The number of amides is 1. The summed E-state index contributed by atoms with van der Waals surface area (Å²) in [7, 11) is 1.88. The Hall–Kier alpha value is -1.96. The molecule has 1 aromatic rings. The number of hydrogen-bond donors (Lipinski definition) is 1. The highest BCUT2D eigenvalue weighted by atomic mass is 16.6. The number of nitrogens with one attached hydrogen (secondary N) is 1. The summed E-state index contributed by atoms with van der Waals surface area (Å²) in [5.41, 5.74) is 2.33. The summed E-state index contributed by atoms with van der Waals surface area (Å²) in [6.07, 6.45) is -0.457. The molecule has 1 N–H and O–H groups in total. The SMILES string of the molecule is Cc1nn(C)c(C)c1C#CCNC(=O)OC(C)(C)C. The number of hydrogen-bond acceptors (Lipinski definition) is 3. The topological polar surface area (TPSA) is 56.2 Å². The van der Waals surface area contributed by atoms with Gasteiger partial charge in [-0.1, -0.05) is 11.8 Å². The van der Waals surface area contributed by atoms with Crippen molar-refractivity contribution in [1.82, 2.24) is 15.1 Å². The Bertz CT molecular complexity index is 527. The molecule has 0 unspecified atom stereocenters. The first kappa shape index (κ1) is 15.1. The van der Waals surface area contributed by atoms with Crippen LogP contribution in [0.1, 0.15) is 37.7 Å². The first-order valence-corrected chi connectivity index (χ1v) is 6.16. The van der Waals surface area contributed by atoms with Crippen LogP contribution in [0.2, 0.25) is 0 Å². The third-order valence-electron chi connectivity index (χ3n) is 2.44. The summed E-state index contributed by atoms with van der Waals surface area (Å²) < 4.78 is 6.90. The zero-order valence-corrected chi connectivity index (χ0v) is 12.4. The van der Waals surface area contributed by atoms with Crippen LogP contribution in [0.15, 0.2) is 0 Å². The van der Waals surface area contributed by atoms with E-state index in [-0.39, 0.29) is 6.54 Å². The highest BCUT2D eigenvalue weighted by molar-refractivity contribution is 5.68. The third-order valence-corrected chi connectivity index (χ3v) is 2.44. The van der Waals surface area contributed by atoms with Crippen molar-refractivity contribution >= 4 is 6.09 Å². The van der Waals surface area contributed by atoms with E-state index in [4.69, 9.17) is 4.74 Å². The van der Waals surface area contributed by atoms with E-state index in [9.17, 15) is 4.79 Å². The van der Waals surface area contributed by atoms with Crippen LogP contribution in [0.5, 0.6) is 0 Å². The quantitative estimate of drug-likeness (QED) is 0.787. The molecular formula is C14H21N3O2. The molecular weight excluding hydrogens is 242 g/mol. The predicted octanol–water partition coefficient (Wildman–Crippen LogP) is 1.91. The lowest BCUT2D eigenvalue weighted by Gasteiger charge is -2.18. The monoisotopic (exact) mass is 263 g/mol. The van der Waals surface area contributed by atoms with Crippen LogP contribution < -0.4 is 5.32 Å². The highest BCUT2D eigenvalue weighted by Gasteiger charge is 2.15. The van der Waals surface area contributed by atoms with Crippen molar-refractivity contribution in [3.05, 3.63) is 17.0 Å². The van der Waals surface area contributed by atoms with E-state index in [0.29, 0.717) is 0 Å². The van der Waals surface area contributed by atoms with Crippen molar-refractivity contribution in [2.75, 3.05) is 6.54 Å². The van der Waals surface area contributed by atoms with Gasteiger partial charge in [-0.15, -0.1) is 0 Å². The van der Waals surface area contributed by atoms with Crippen molar-refractivity contribution in [1.29, 1.82) is 0 Å². The Morgan fingerprint density at radius 3 is 2.53 bits per heavy atom. The zero-order valence-electron chi connectivity index (χ0n) is 12.4. The first-order chi connectivity index (χ1) is 8.70. The average molecular weight is 263 g/mol. The number of carbonyl (C=O) groups excluding carboxylic acids is 1. The summed E-state index contributed by atoms with van der Waals surface area (Å²) in [5.74, 6) is 5.91. The van der Waals surface area contributed by atoms with E-state index in [2.05, 4.69) is 22.3 Å². The lowest BCUT2D eigenvalue weighted by molar-refractivity contribution is 0.0535. The molecule has 0 saturated heterocycles. The van der Waals surface area contributed by atoms with E-state index in [0.717, 1.165) is 17.0 Å². The van der Waals surface area contributed by atoms with Gasteiger partial charge < -0.3 is 10.1 Å². The Kier molecular flexibility index (Phi) is 4.60. The number of rotatable bonds is 1. The van der Waals surface area contributed by atoms with Crippen LogP contribution in [0.3, 0.4) is 0 Å². The minimum atomic E-state index is -0.492. The summed E-state index contributed by atoms with van der Waals surface area (Å²) >= 11 is 0. The van der Waals surface area contributed by atoms with Crippen LogP contribution >= 0.6 is 0 Å². The van der Waals surface area contributed by atoms with Gasteiger partial charge in [-0.3, -0.25) is 4.68 Å². The molecule has 19 heavy (non-hydrogen) atoms. The smallest absolute Gasteiger partial charge is 0.408 e. The molecule has 0 atom stereocenters. The number of nitrogens with zero attached hydrogens (tertiary/aromatic N) is 2. The van der Waals surface area contributed by atoms with Gasteiger partial charge in [0, 0.05) is 7.05 Å². The molecule has 0 bridgehead atoms. The maximum Gasteiger partial charge on any atom is 0.408 e. The van der Waals surface area contributed by atoms with Crippen molar-refractivity contribution in [2.24, 2.45) is 7.05 Å². The molecule has 0 radical (unpaired) electrons. The van der Waals surface area contributed by atoms with E-state index >= 15 is 0 Å². The molecule has 0 fully saturated rings. The standard InChI is InChI=1S/C14H21N3O2/c1-10-12(11(2)17(6)16-10)8-7-9-15-13(18)19-14(3,4)5/h9H2,1-6H3,(H,15,18). The fourth-order valence-corrected chi connectivity index (χ4v) is 1.52. The van der Waals surface area contributed by atoms with Crippen molar-refractivity contribution < 1.29 is 9.53 Å². The normalized spacial score (nSPS) is 10.6. The Balaban J connectivity index is 2.55. The van der Waals surface area contributed by atoms with Crippen LogP contribution in [0.25, 0.3) is 0 Å². The van der Waals surface area contributed by atoms with Crippen LogP contribution in [0.4, 0.5) is 4.79 Å². The minimum absolute atomic E-state index is 0.253. The summed E-state index contributed by atoms with van der Waals surface area (Å²) in [5, 5.41) is 6.87. The molecule has 0 saturated carbocycles. The Labute approximate surface area is 114 Å². The van der Waals surface area contributed by atoms with E-state index in [1.165, 1.54) is 0 Å². The van der Waals surface area contributed by atoms with Gasteiger partial charge in [0.25, 0.3) is 0 Å². The Morgan fingerprint density at radius 2 is 2.05 bits per heavy atom. The maximum absolute atomic E-state index is 11.4. The second-order valence-electron chi connectivity index (χ2n) is 5.33. The fourth-order valence-electron chi connectivity index (χ4n) is 1.52. The van der Waals surface area contributed by atoms with Crippen molar-refractivity contribution in [2.45, 2.75) is 40.2 Å². The minimum Gasteiger partial charge on any atom is -0.444 e. The lowest BCUT2D eigenvalue weighted by atomic mass is 10.2. The lowest BCUT2D eigenvalue weighted by Crippen LogP contribution is -2.32. The van der Waals surface area contributed by atoms with Gasteiger partial charge >= 0.3 is 6.09 Å². The van der Waals surface area contributed by atoms with Gasteiger partial charge in [0.1, 0.15) is 5.60 Å². The molecule has 0 aliphatic carbocycles.